The molecule has 0 amide bonds. The molecular weight excluding hydrogens is 266 g/mol. The minimum Gasteiger partial charge on any atom is -0.492 e. The summed E-state index contributed by atoms with van der Waals surface area (Å²) < 4.78 is 11.4. The molecule has 0 unspecified atom stereocenters. The molecule has 1 aliphatic rings. The molecule has 1 aliphatic heterocycles. The standard InChI is InChI=1S/C17H17NO3/c19-13-14-5-7-15(8-6-14)20-11-9-18-10-12-21-17-4-2-1-3-16(17)18/h1-8,13H,9-12H2. The number of benzene rings is 2. The fourth-order valence-electron chi connectivity index (χ4n) is 2.38. The topological polar surface area (TPSA) is 38.8 Å². The van der Waals surface area contributed by atoms with E-state index in [2.05, 4.69) is 11.0 Å². The Balaban J connectivity index is 1.57. The van der Waals surface area contributed by atoms with Crippen molar-refractivity contribution < 1.29 is 14.3 Å². The summed E-state index contributed by atoms with van der Waals surface area (Å²) >= 11 is 0. The first kappa shape index (κ1) is 13.5. The van der Waals surface area contributed by atoms with Gasteiger partial charge in [0.05, 0.1) is 18.8 Å². The number of carbonyl (C=O) groups excluding carboxylic acids is 1. The number of carbonyl (C=O) groups is 1. The van der Waals surface area contributed by atoms with E-state index >= 15 is 0 Å². The highest BCUT2D eigenvalue weighted by Gasteiger charge is 2.16. The third kappa shape index (κ3) is 3.16. The zero-order valence-electron chi connectivity index (χ0n) is 11.7. The van der Waals surface area contributed by atoms with E-state index in [4.69, 9.17) is 9.47 Å². The molecule has 2 aromatic carbocycles. The van der Waals surface area contributed by atoms with Crippen molar-refractivity contribution in [2.45, 2.75) is 0 Å². The first-order chi connectivity index (χ1) is 10.4. The van der Waals surface area contributed by atoms with Gasteiger partial charge in [-0.2, -0.15) is 0 Å². The van der Waals surface area contributed by atoms with Gasteiger partial charge in [-0.05, 0) is 36.4 Å². The maximum atomic E-state index is 10.6. The molecule has 0 bridgehead atoms. The van der Waals surface area contributed by atoms with Crippen LogP contribution in [0.25, 0.3) is 0 Å². The Morgan fingerprint density at radius 2 is 1.95 bits per heavy atom. The number of hydrogen-bond donors (Lipinski definition) is 0. The third-order valence-corrected chi connectivity index (χ3v) is 3.47. The van der Waals surface area contributed by atoms with Crippen LogP contribution in [0.1, 0.15) is 10.4 Å². The van der Waals surface area contributed by atoms with Crippen LogP contribution in [0.3, 0.4) is 0 Å². The van der Waals surface area contributed by atoms with Crippen molar-refractivity contribution in [3.63, 3.8) is 0 Å². The maximum absolute atomic E-state index is 10.6. The van der Waals surface area contributed by atoms with E-state index in [0.29, 0.717) is 18.8 Å². The van der Waals surface area contributed by atoms with Gasteiger partial charge in [-0.25, -0.2) is 0 Å². The van der Waals surface area contributed by atoms with Crippen LogP contribution in [0, 0.1) is 0 Å². The molecule has 0 N–H and O–H groups in total. The minimum atomic E-state index is 0.592. The smallest absolute Gasteiger partial charge is 0.150 e. The summed E-state index contributed by atoms with van der Waals surface area (Å²) in [6.45, 7) is 2.96. The number of nitrogens with zero attached hydrogens (tertiary/aromatic N) is 1. The molecular formula is C17H17NO3. The Hall–Kier alpha value is -2.49. The number of hydrogen-bond acceptors (Lipinski definition) is 4. The lowest BCUT2D eigenvalue weighted by Gasteiger charge is -2.31. The fraction of sp³-hybridized carbons (Fsp3) is 0.235. The Morgan fingerprint density at radius 1 is 1.14 bits per heavy atom. The van der Waals surface area contributed by atoms with E-state index in [1.807, 2.05) is 30.3 Å². The van der Waals surface area contributed by atoms with Gasteiger partial charge >= 0.3 is 0 Å². The highest BCUT2D eigenvalue weighted by atomic mass is 16.5. The Bertz CT molecular complexity index is 610. The Morgan fingerprint density at radius 3 is 2.76 bits per heavy atom. The van der Waals surface area contributed by atoms with E-state index in [0.717, 1.165) is 36.6 Å². The lowest BCUT2D eigenvalue weighted by atomic mass is 10.2. The van der Waals surface area contributed by atoms with Crippen molar-refractivity contribution in [1.82, 2.24) is 0 Å². The van der Waals surface area contributed by atoms with Crippen LogP contribution in [0.4, 0.5) is 5.69 Å². The first-order valence-corrected chi connectivity index (χ1v) is 7.01. The summed E-state index contributed by atoms with van der Waals surface area (Å²) in [5.74, 6) is 1.71. The number of anilines is 1. The van der Waals surface area contributed by atoms with E-state index in [1.54, 1.807) is 12.1 Å². The molecule has 0 saturated carbocycles. The van der Waals surface area contributed by atoms with Crippen LogP contribution in [0.2, 0.25) is 0 Å². The van der Waals surface area contributed by atoms with Gasteiger partial charge < -0.3 is 14.4 Å². The van der Waals surface area contributed by atoms with Crippen molar-refractivity contribution >= 4 is 12.0 Å². The van der Waals surface area contributed by atoms with E-state index in [-0.39, 0.29) is 0 Å². The molecule has 3 rings (SSSR count). The fourth-order valence-corrected chi connectivity index (χ4v) is 2.38. The van der Waals surface area contributed by atoms with Gasteiger partial charge in [0.2, 0.25) is 0 Å². The summed E-state index contributed by atoms with van der Waals surface area (Å²) in [5, 5.41) is 0. The van der Waals surface area contributed by atoms with Gasteiger partial charge in [0, 0.05) is 5.56 Å². The van der Waals surface area contributed by atoms with E-state index in [1.165, 1.54) is 0 Å². The molecule has 108 valence electrons. The summed E-state index contributed by atoms with van der Waals surface area (Å²) in [5.41, 5.74) is 1.77. The molecule has 0 atom stereocenters. The van der Waals surface area contributed by atoms with E-state index < -0.39 is 0 Å². The third-order valence-electron chi connectivity index (χ3n) is 3.47. The molecule has 0 radical (unpaired) electrons. The largest absolute Gasteiger partial charge is 0.492 e. The molecule has 21 heavy (non-hydrogen) atoms. The molecule has 0 spiro atoms. The first-order valence-electron chi connectivity index (χ1n) is 7.01. The van der Waals surface area contributed by atoms with Crippen molar-refractivity contribution in [3.05, 3.63) is 54.1 Å². The zero-order chi connectivity index (χ0) is 14.5. The highest BCUT2D eigenvalue weighted by molar-refractivity contribution is 5.74. The predicted molar refractivity (Wildman–Crippen MR) is 81.5 cm³/mol. The average Bonchev–Trinajstić information content (AvgIpc) is 2.56. The summed E-state index contributed by atoms with van der Waals surface area (Å²) in [4.78, 5) is 12.9. The van der Waals surface area contributed by atoms with Crippen molar-refractivity contribution in [2.75, 3.05) is 31.2 Å². The summed E-state index contributed by atoms with van der Waals surface area (Å²) in [6.07, 6.45) is 0.828. The Kier molecular flexibility index (Phi) is 4.05. The van der Waals surface area contributed by atoms with Gasteiger partial charge in [-0.1, -0.05) is 12.1 Å². The van der Waals surface area contributed by atoms with Crippen LogP contribution in [0.5, 0.6) is 11.5 Å². The molecule has 0 aromatic heterocycles. The summed E-state index contributed by atoms with van der Waals surface area (Å²) in [6, 6.07) is 15.2. The van der Waals surface area contributed by atoms with Crippen molar-refractivity contribution in [2.24, 2.45) is 0 Å². The van der Waals surface area contributed by atoms with Crippen molar-refractivity contribution in [3.8, 4) is 11.5 Å². The number of ether oxygens (including phenoxy) is 2. The molecule has 1 heterocycles. The second kappa shape index (κ2) is 6.31. The molecule has 2 aromatic rings. The molecule has 4 nitrogen and oxygen atoms in total. The van der Waals surface area contributed by atoms with Crippen molar-refractivity contribution in [1.29, 1.82) is 0 Å². The lowest BCUT2D eigenvalue weighted by molar-refractivity contribution is 0.112. The second-order valence-corrected chi connectivity index (χ2v) is 4.84. The van der Waals surface area contributed by atoms with Gasteiger partial charge in [0.1, 0.15) is 31.0 Å². The number of rotatable bonds is 5. The van der Waals surface area contributed by atoms with Crippen LogP contribution < -0.4 is 14.4 Å². The quantitative estimate of drug-likeness (QED) is 0.791. The molecule has 0 fully saturated rings. The van der Waals surface area contributed by atoms with Gasteiger partial charge in [-0.15, -0.1) is 0 Å². The van der Waals surface area contributed by atoms with Crippen LogP contribution in [0.15, 0.2) is 48.5 Å². The lowest BCUT2D eigenvalue weighted by Crippen LogP contribution is -2.35. The SMILES string of the molecule is O=Cc1ccc(OCCN2CCOc3ccccc32)cc1. The normalized spacial score (nSPS) is 13.2. The number of fused-ring (bicyclic) bond motifs is 1. The monoisotopic (exact) mass is 283 g/mol. The molecule has 0 aliphatic carbocycles. The van der Waals surface area contributed by atoms with Crippen LogP contribution in [-0.2, 0) is 0 Å². The van der Waals surface area contributed by atoms with Crippen LogP contribution in [-0.4, -0.2) is 32.6 Å². The van der Waals surface area contributed by atoms with Gasteiger partial charge in [0.15, 0.2) is 0 Å². The van der Waals surface area contributed by atoms with Gasteiger partial charge in [0.25, 0.3) is 0 Å². The van der Waals surface area contributed by atoms with E-state index in [9.17, 15) is 4.79 Å². The molecule has 4 heteroatoms. The minimum absolute atomic E-state index is 0.592. The predicted octanol–water partition coefficient (Wildman–Crippen LogP) is 2.78. The summed E-state index contributed by atoms with van der Waals surface area (Å²) in [7, 11) is 0. The zero-order valence-corrected chi connectivity index (χ0v) is 11.7. The van der Waals surface area contributed by atoms with Gasteiger partial charge in [-0.3, -0.25) is 4.79 Å². The average molecular weight is 283 g/mol. The second-order valence-electron chi connectivity index (χ2n) is 4.84. The van der Waals surface area contributed by atoms with Crippen LogP contribution >= 0.6 is 0 Å². The molecule has 0 saturated heterocycles. The highest BCUT2D eigenvalue weighted by Crippen LogP contribution is 2.30. The Labute approximate surface area is 123 Å². The number of aldehydes is 1. The maximum Gasteiger partial charge on any atom is 0.150 e. The number of para-hydroxylation sites is 2.